The lowest BCUT2D eigenvalue weighted by Gasteiger charge is -2.15. The van der Waals surface area contributed by atoms with E-state index in [2.05, 4.69) is 47.1 Å². The van der Waals surface area contributed by atoms with Crippen LogP contribution in [0.25, 0.3) is 5.95 Å². The zero-order chi connectivity index (χ0) is 18.8. The number of carbonyl (C=O) groups excluding carboxylic acids is 1. The fourth-order valence-electron chi connectivity index (χ4n) is 2.56. The number of carbonyl (C=O) groups is 1. The Balaban J connectivity index is 1.47. The number of halogens is 1. The third-order valence-corrected chi connectivity index (χ3v) is 3.80. The fraction of sp³-hybridized carbons (Fsp3) is 0.133. The zero-order valence-corrected chi connectivity index (χ0v) is 14.1. The number of nitrogens with one attached hydrogen (secondary N) is 5. The Morgan fingerprint density at radius 3 is 2.70 bits per heavy atom. The molecular formula is C15H15FN10O. The molecular weight excluding hydrogens is 355 g/mol. The van der Waals surface area contributed by atoms with Gasteiger partial charge in [-0.25, -0.2) is 24.1 Å². The van der Waals surface area contributed by atoms with Gasteiger partial charge in [0.2, 0.25) is 0 Å². The molecule has 27 heavy (non-hydrogen) atoms. The van der Waals surface area contributed by atoms with Gasteiger partial charge < -0.3 is 21.5 Å². The Morgan fingerprint density at radius 2 is 1.93 bits per heavy atom. The van der Waals surface area contributed by atoms with Crippen molar-refractivity contribution in [3.8, 4) is 5.95 Å². The number of hydrazine groups is 2. The molecule has 0 radical (unpaired) electrons. The highest BCUT2D eigenvalue weighted by Crippen LogP contribution is 2.30. The Kier molecular flexibility index (Phi) is 4.22. The van der Waals surface area contributed by atoms with Crippen LogP contribution in [0.15, 0.2) is 36.9 Å². The summed E-state index contributed by atoms with van der Waals surface area (Å²) in [6.45, 7) is 1.72. The predicted molar refractivity (Wildman–Crippen MR) is 94.3 cm³/mol. The van der Waals surface area contributed by atoms with Gasteiger partial charge in [-0.3, -0.25) is 0 Å². The molecule has 0 fully saturated rings. The summed E-state index contributed by atoms with van der Waals surface area (Å²) in [6, 6.07) is 3.30. The van der Waals surface area contributed by atoms with E-state index in [4.69, 9.17) is 0 Å². The number of urea groups is 1. The topological polar surface area (TPSA) is 134 Å². The van der Waals surface area contributed by atoms with Crippen molar-refractivity contribution in [2.45, 2.75) is 13.0 Å². The lowest BCUT2D eigenvalue weighted by molar-refractivity contribution is 0.248. The Hall–Kier alpha value is -3.80. The fourth-order valence-corrected chi connectivity index (χ4v) is 2.56. The summed E-state index contributed by atoms with van der Waals surface area (Å²) < 4.78 is 15.5. The Labute approximate surface area is 152 Å². The van der Waals surface area contributed by atoms with Crippen molar-refractivity contribution in [3.63, 3.8) is 0 Å². The van der Waals surface area contributed by atoms with E-state index < -0.39 is 17.9 Å². The number of rotatable bonds is 4. The van der Waals surface area contributed by atoms with Gasteiger partial charge in [0.15, 0.2) is 5.82 Å². The highest BCUT2D eigenvalue weighted by Gasteiger charge is 2.20. The summed E-state index contributed by atoms with van der Waals surface area (Å²) in [5.41, 5.74) is 9.36. The summed E-state index contributed by atoms with van der Waals surface area (Å²) >= 11 is 0. The molecule has 12 heteroatoms. The van der Waals surface area contributed by atoms with Crippen molar-refractivity contribution >= 4 is 23.1 Å². The monoisotopic (exact) mass is 370 g/mol. The number of hydrogen-bond donors (Lipinski definition) is 5. The van der Waals surface area contributed by atoms with Gasteiger partial charge in [0.25, 0.3) is 5.95 Å². The van der Waals surface area contributed by atoms with Gasteiger partial charge in [0, 0.05) is 18.5 Å². The van der Waals surface area contributed by atoms with Crippen LogP contribution in [0.3, 0.4) is 0 Å². The molecule has 1 atom stereocenters. The maximum Gasteiger partial charge on any atom is 0.319 e. The molecule has 0 spiro atoms. The van der Waals surface area contributed by atoms with E-state index in [0.29, 0.717) is 23.1 Å². The van der Waals surface area contributed by atoms with Gasteiger partial charge in [-0.05, 0) is 19.1 Å². The average molecular weight is 370 g/mol. The normalized spacial score (nSPS) is 13.3. The number of nitrogens with zero attached hydrogens (tertiary/aromatic N) is 5. The minimum absolute atomic E-state index is 0.0318. The van der Waals surface area contributed by atoms with Crippen LogP contribution in [0, 0.1) is 5.82 Å². The van der Waals surface area contributed by atoms with E-state index in [1.54, 1.807) is 25.4 Å². The SMILES string of the molecule is C[C@H](NC(=O)Nc1cc2c(cc1F)NNN2)c1ncnn1-c1ncccn1. The number of aromatic nitrogens is 5. The summed E-state index contributed by atoms with van der Waals surface area (Å²) in [4.78, 5) is 24.7. The first-order valence-electron chi connectivity index (χ1n) is 7.97. The van der Waals surface area contributed by atoms with Crippen LogP contribution in [-0.4, -0.2) is 30.8 Å². The van der Waals surface area contributed by atoms with E-state index in [-0.39, 0.29) is 5.69 Å². The zero-order valence-electron chi connectivity index (χ0n) is 14.1. The van der Waals surface area contributed by atoms with Crippen molar-refractivity contribution in [2.24, 2.45) is 0 Å². The quantitative estimate of drug-likeness (QED) is 0.464. The molecule has 3 heterocycles. The van der Waals surface area contributed by atoms with Gasteiger partial charge in [-0.15, -0.1) is 5.53 Å². The number of fused-ring (bicyclic) bond motifs is 1. The first-order chi connectivity index (χ1) is 13.1. The van der Waals surface area contributed by atoms with E-state index in [1.165, 1.54) is 23.1 Å². The van der Waals surface area contributed by atoms with Crippen LogP contribution in [0.4, 0.5) is 26.2 Å². The third-order valence-electron chi connectivity index (χ3n) is 3.80. The largest absolute Gasteiger partial charge is 0.328 e. The summed E-state index contributed by atoms with van der Waals surface area (Å²) in [7, 11) is 0. The molecule has 5 N–H and O–H groups in total. The highest BCUT2D eigenvalue weighted by molar-refractivity contribution is 5.91. The first kappa shape index (κ1) is 16.7. The minimum Gasteiger partial charge on any atom is -0.328 e. The van der Waals surface area contributed by atoms with Gasteiger partial charge in [0.1, 0.15) is 12.1 Å². The van der Waals surface area contributed by atoms with Crippen LogP contribution >= 0.6 is 0 Å². The smallest absolute Gasteiger partial charge is 0.319 e. The van der Waals surface area contributed by atoms with Gasteiger partial charge in [0.05, 0.1) is 23.1 Å². The first-order valence-corrected chi connectivity index (χ1v) is 7.97. The van der Waals surface area contributed by atoms with E-state index >= 15 is 0 Å². The summed E-state index contributed by atoms with van der Waals surface area (Å²) in [6.07, 6.45) is 4.49. The lowest BCUT2D eigenvalue weighted by Crippen LogP contribution is -2.33. The molecule has 11 nitrogen and oxygen atoms in total. The molecule has 1 aliphatic rings. The molecule has 138 valence electrons. The molecule has 2 aromatic heterocycles. The van der Waals surface area contributed by atoms with Crippen molar-refractivity contribution in [1.29, 1.82) is 0 Å². The molecule has 1 aliphatic heterocycles. The second-order valence-electron chi connectivity index (χ2n) is 5.65. The molecule has 0 bridgehead atoms. The van der Waals surface area contributed by atoms with Crippen LogP contribution in [0.1, 0.15) is 18.8 Å². The van der Waals surface area contributed by atoms with E-state index in [9.17, 15) is 9.18 Å². The number of hydrogen-bond acceptors (Lipinski definition) is 8. The predicted octanol–water partition coefficient (Wildman–Crippen LogP) is 1.34. The summed E-state index contributed by atoms with van der Waals surface area (Å²) in [5, 5.41) is 9.25. The Bertz CT molecular complexity index is 976. The number of benzene rings is 1. The van der Waals surface area contributed by atoms with Crippen molar-refractivity contribution in [3.05, 3.63) is 48.6 Å². The highest BCUT2D eigenvalue weighted by atomic mass is 19.1. The Morgan fingerprint density at radius 1 is 1.19 bits per heavy atom. The standard InChI is InChI=1S/C15H15FN10O/c1-8(13-19-7-20-26(13)14-17-3-2-4-18-14)21-15(27)22-10-6-12-11(5-9(10)16)23-25-24-12/h2-8,23-25H,1H3,(H2,21,22,27)/t8-/m0/s1. The molecule has 1 aromatic carbocycles. The number of amides is 2. The van der Waals surface area contributed by atoms with Crippen LogP contribution in [0.5, 0.6) is 0 Å². The third kappa shape index (κ3) is 3.32. The second kappa shape index (κ2) is 6.84. The molecule has 3 aromatic rings. The van der Waals surface area contributed by atoms with E-state index in [1.807, 2.05) is 0 Å². The van der Waals surface area contributed by atoms with Crippen molar-refractivity contribution < 1.29 is 9.18 Å². The van der Waals surface area contributed by atoms with Gasteiger partial charge in [-0.1, -0.05) is 0 Å². The maximum atomic E-state index is 14.1. The minimum atomic E-state index is -0.594. The second-order valence-corrected chi connectivity index (χ2v) is 5.65. The number of anilines is 3. The lowest BCUT2D eigenvalue weighted by atomic mass is 10.2. The molecule has 2 amide bonds. The molecule has 0 aliphatic carbocycles. The molecule has 4 rings (SSSR count). The average Bonchev–Trinajstić information content (AvgIpc) is 3.31. The molecule has 0 unspecified atom stereocenters. The van der Waals surface area contributed by atoms with Gasteiger partial charge >= 0.3 is 6.03 Å². The summed E-state index contributed by atoms with van der Waals surface area (Å²) in [5.74, 6) is 0.186. The maximum absolute atomic E-state index is 14.1. The van der Waals surface area contributed by atoms with Crippen LogP contribution in [-0.2, 0) is 0 Å². The van der Waals surface area contributed by atoms with Crippen molar-refractivity contribution in [2.75, 3.05) is 16.2 Å². The van der Waals surface area contributed by atoms with E-state index in [0.717, 1.165) is 0 Å². The van der Waals surface area contributed by atoms with Crippen LogP contribution in [0.2, 0.25) is 0 Å². The van der Waals surface area contributed by atoms with Crippen molar-refractivity contribution in [1.82, 2.24) is 35.6 Å². The van der Waals surface area contributed by atoms with Crippen LogP contribution < -0.4 is 27.0 Å². The van der Waals surface area contributed by atoms with Gasteiger partial charge in [-0.2, -0.15) is 9.78 Å². The molecule has 0 saturated carbocycles. The molecule has 0 saturated heterocycles.